The van der Waals surface area contributed by atoms with Crippen molar-refractivity contribution in [1.82, 2.24) is 0 Å². The second kappa shape index (κ2) is 9.46. The lowest BCUT2D eigenvalue weighted by molar-refractivity contribution is -0.140. The Bertz CT molecular complexity index is 184. The number of carbonyl (C=O) groups is 3. The molecule has 82 valence electrons. The van der Waals surface area contributed by atoms with E-state index in [0.29, 0.717) is 0 Å². The van der Waals surface area contributed by atoms with Gasteiger partial charge < -0.3 is 20.4 Å². The van der Waals surface area contributed by atoms with Gasteiger partial charge in [0.15, 0.2) is 0 Å². The Morgan fingerprint density at radius 1 is 0.786 bits per heavy atom. The minimum absolute atomic E-state index is 0.0632. The number of hydrogen-bond donors (Lipinski definition) is 4. The predicted molar refractivity (Wildman–Crippen MR) is 43.8 cm³/mol. The number of aliphatic hydroxyl groups excluding tert-OH is 1. The summed E-state index contributed by atoms with van der Waals surface area (Å²) in [5, 5.41) is 31.1. The molecule has 0 heterocycles. The van der Waals surface area contributed by atoms with Crippen LogP contribution in [0.15, 0.2) is 0 Å². The van der Waals surface area contributed by atoms with E-state index < -0.39 is 24.5 Å². The molecule has 0 aromatic carbocycles. The van der Waals surface area contributed by atoms with Crippen molar-refractivity contribution < 1.29 is 34.8 Å². The second-order valence-corrected chi connectivity index (χ2v) is 2.19. The fourth-order valence-electron chi connectivity index (χ4n) is 0.391. The zero-order chi connectivity index (χ0) is 11.6. The molecule has 0 radical (unpaired) electrons. The van der Waals surface area contributed by atoms with Crippen LogP contribution in [0.2, 0.25) is 0 Å². The third-order valence-corrected chi connectivity index (χ3v) is 0.917. The summed E-state index contributed by atoms with van der Waals surface area (Å²) in [5.74, 6) is -3.09. The molecule has 0 saturated heterocycles. The Morgan fingerprint density at radius 3 is 1.21 bits per heavy atom. The fraction of sp³-hybridized carbons (Fsp3) is 0.571. The van der Waals surface area contributed by atoms with Crippen LogP contribution in [0.1, 0.15) is 19.3 Å². The van der Waals surface area contributed by atoms with Crippen molar-refractivity contribution in [1.29, 1.82) is 0 Å². The van der Waals surface area contributed by atoms with E-state index in [2.05, 4.69) is 0 Å². The Kier molecular flexibility index (Phi) is 10.0. The molecule has 0 spiro atoms. The molecular formula is C7H12O7. The van der Waals surface area contributed by atoms with Gasteiger partial charge in [-0.2, -0.15) is 0 Å². The zero-order valence-electron chi connectivity index (χ0n) is 7.34. The van der Waals surface area contributed by atoms with Gasteiger partial charge in [-0.05, 0) is 6.42 Å². The molecule has 0 saturated carbocycles. The lowest BCUT2D eigenvalue weighted by atomic mass is 10.2. The first-order valence-electron chi connectivity index (χ1n) is 3.66. The van der Waals surface area contributed by atoms with E-state index >= 15 is 0 Å². The van der Waals surface area contributed by atoms with Crippen molar-refractivity contribution in [3.05, 3.63) is 0 Å². The number of aliphatic hydroxyl groups is 1. The molecule has 0 aromatic rings. The minimum Gasteiger partial charge on any atom is -0.481 e. The fourth-order valence-corrected chi connectivity index (χ4v) is 0.391. The molecule has 7 heteroatoms. The smallest absolute Gasteiger partial charge is 0.329 e. The van der Waals surface area contributed by atoms with Crippen molar-refractivity contribution in [3.8, 4) is 0 Å². The average Bonchev–Trinajstić information content (AvgIpc) is 2.04. The summed E-state index contributed by atoms with van der Waals surface area (Å²) in [6.45, 7) is -0.778. The van der Waals surface area contributed by atoms with E-state index in [0.717, 1.165) is 0 Å². The summed E-state index contributed by atoms with van der Waals surface area (Å²) >= 11 is 0. The number of rotatable bonds is 5. The topological polar surface area (TPSA) is 132 Å². The molecule has 0 rings (SSSR count). The summed E-state index contributed by atoms with van der Waals surface area (Å²) < 4.78 is 0. The number of aliphatic carboxylic acids is 3. The molecule has 0 unspecified atom stereocenters. The Labute approximate surface area is 79.6 Å². The van der Waals surface area contributed by atoms with Crippen molar-refractivity contribution in [2.24, 2.45) is 0 Å². The third-order valence-electron chi connectivity index (χ3n) is 0.917. The van der Waals surface area contributed by atoms with Gasteiger partial charge in [0.1, 0.15) is 6.61 Å². The van der Waals surface area contributed by atoms with Crippen LogP contribution in [-0.4, -0.2) is 44.9 Å². The van der Waals surface area contributed by atoms with Crippen LogP contribution in [0.4, 0.5) is 0 Å². The van der Waals surface area contributed by atoms with Crippen LogP contribution < -0.4 is 0 Å². The lowest BCUT2D eigenvalue weighted by Crippen LogP contribution is -1.98. The normalized spacial score (nSPS) is 8.36. The summed E-state index contributed by atoms with van der Waals surface area (Å²) in [6.07, 6.45) is 0.0866. The molecule has 7 nitrogen and oxygen atoms in total. The van der Waals surface area contributed by atoms with Crippen LogP contribution in [0.3, 0.4) is 0 Å². The highest BCUT2D eigenvalue weighted by atomic mass is 16.4. The van der Waals surface area contributed by atoms with Gasteiger partial charge in [0.2, 0.25) is 0 Å². The second-order valence-electron chi connectivity index (χ2n) is 2.19. The molecule has 0 aliphatic carbocycles. The largest absolute Gasteiger partial charge is 0.481 e. The summed E-state index contributed by atoms with van der Waals surface area (Å²) in [4.78, 5) is 28.7. The van der Waals surface area contributed by atoms with Crippen molar-refractivity contribution in [3.63, 3.8) is 0 Å². The number of hydrogen-bond acceptors (Lipinski definition) is 4. The highest BCUT2D eigenvalue weighted by Gasteiger charge is 1.99. The van der Waals surface area contributed by atoms with Gasteiger partial charge in [0.25, 0.3) is 0 Å². The summed E-state index contributed by atoms with van der Waals surface area (Å²) in [5.41, 5.74) is 0. The van der Waals surface area contributed by atoms with Crippen molar-refractivity contribution in [2.75, 3.05) is 6.61 Å². The van der Waals surface area contributed by atoms with Gasteiger partial charge in [0, 0.05) is 12.8 Å². The van der Waals surface area contributed by atoms with Crippen LogP contribution in [0.25, 0.3) is 0 Å². The minimum atomic E-state index is -1.19. The van der Waals surface area contributed by atoms with E-state index in [1.54, 1.807) is 0 Å². The van der Waals surface area contributed by atoms with Crippen LogP contribution >= 0.6 is 0 Å². The molecule has 0 bridgehead atoms. The molecule has 4 N–H and O–H groups in total. The molecular weight excluding hydrogens is 196 g/mol. The highest BCUT2D eigenvalue weighted by Crippen LogP contribution is 1.93. The van der Waals surface area contributed by atoms with Crippen LogP contribution in [-0.2, 0) is 14.4 Å². The van der Waals surface area contributed by atoms with Gasteiger partial charge in [-0.3, -0.25) is 9.59 Å². The monoisotopic (exact) mass is 208 g/mol. The Hall–Kier alpha value is -1.63. The maximum atomic E-state index is 9.79. The van der Waals surface area contributed by atoms with E-state index in [4.69, 9.17) is 25.2 Å². The van der Waals surface area contributed by atoms with Crippen LogP contribution in [0, 0.1) is 0 Å². The molecule has 0 atom stereocenters. The van der Waals surface area contributed by atoms with E-state index in [-0.39, 0.29) is 19.3 Å². The SMILES string of the molecule is O=C(O)CCCC(=O)O.O=C(O)CO. The van der Waals surface area contributed by atoms with Gasteiger partial charge >= 0.3 is 17.9 Å². The molecule has 0 amide bonds. The summed E-state index contributed by atoms with van der Waals surface area (Å²) in [7, 11) is 0. The average molecular weight is 208 g/mol. The first-order chi connectivity index (χ1) is 6.40. The van der Waals surface area contributed by atoms with Gasteiger partial charge in [0.05, 0.1) is 0 Å². The van der Waals surface area contributed by atoms with E-state index in [1.165, 1.54) is 0 Å². The number of carboxylic acids is 3. The van der Waals surface area contributed by atoms with Crippen molar-refractivity contribution in [2.45, 2.75) is 19.3 Å². The predicted octanol–water partition coefficient (Wildman–Crippen LogP) is -0.611. The first-order valence-corrected chi connectivity index (χ1v) is 3.66. The molecule has 0 aliphatic heterocycles. The Morgan fingerprint density at radius 2 is 1.07 bits per heavy atom. The summed E-state index contributed by atoms with van der Waals surface area (Å²) in [6, 6.07) is 0. The van der Waals surface area contributed by atoms with E-state index in [9.17, 15) is 9.59 Å². The molecule has 14 heavy (non-hydrogen) atoms. The van der Waals surface area contributed by atoms with E-state index in [1.807, 2.05) is 0 Å². The number of carboxylic acid groups (broad SMARTS) is 3. The maximum absolute atomic E-state index is 9.79. The highest BCUT2D eigenvalue weighted by molar-refractivity contribution is 5.69. The standard InChI is InChI=1S/C5H8O4.C2H4O3/c6-4(7)2-1-3-5(8)9;3-1-2(4)5/h1-3H2,(H,6,7)(H,8,9);3H,1H2,(H,4,5). The molecule has 0 aromatic heterocycles. The quantitative estimate of drug-likeness (QED) is 0.473. The van der Waals surface area contributed by atoms with Gasteiger partial charge in [-0.1, -0.05) is 0 Å². The lowest BCUT2D eigenvalue weighted by Gasteiger charge is -1.89. The first kappa shape index (κ1) is 14.9. The van der Waals surface area contributed by atoms with Crippen LogP contribution in [0.5, 0.6) is 0 Å². The third kappa shape index (κ3) is 22.4. The zero-order valence-corrected chi connectivity index (χ0v) is 7.34. The molecule has 0 fully saturated rings. The Balaban J connectivity index is 0. The van der Waals surface area contributed by atoms with Gasteiger partial charge in [-0.25, -0.2) is 4.79 Å². The molecule has 0 aliphatic rings. The van der Waals surface area contributed by atoms with Gasteiger partial charge in [-0.15, -0.1) is 0 Å². The van der Waals surface area contributed by atoms with Crippen molar-refractivity contribution >= 4 is 17.9 Å². The maximum Gasteiger partial charge on any atom is 0.329 e.